The Kier molecular flexibility index (Phi) is 11.8. The molecule has 1 heterocycles. The predicted molar refractivity (Wildman–Crippen MR) is 174 cm³/mol. The summed E-state index contributed by atoms with van der Waals surface area (Å²) in [5.41, 5.74) is 1.78. The molecule has 0 aromatic heterocycles. The second kappa shape index (κ2) is 15.3. The molecule has 10 heteroatoms. The molecule has 0 aliphatic carbocycles. The van der Waals surface area contributed by atoms with Crippen LogP contribution in [0.4, 0.5) is 0 Å². The van der Waals surface area contributed by atoms with Crippen LogP contribution in [-0.4, -0.2) is 55.3 Å². The van der Waals surface area contributed by atoms with E-state index in [-0.39, 0.29) is 25.0 Å². The van der Waals surface area contributed by atoms with Gasteiger partial charge in [0.15, 0.2) is 11.5 Å². The van der Waals surface area contributed by atoms with Crippen LogP contribution in [0.15, 0.2) is 66.7 Å². The van der Waals surface area contributed by atoms with E-state index in [1.807, 2.05) is 60.4 Å². The van der Waals surface area contributed by atoms with Crippen molar-refractivity contribution >= 4 is 35.1 Å². The van der Waals surface area contributed by atoms with Crippen LogP contribution >= 0.6 is 23.2 Å². The second-order valence-electron chi connectivity index (χ2n) is 11.9. The number of nitrogens with zero attached hydrogens (tertiary/aromatic N) is 1. The van der Waals surface area contributed by atoms with Gasteiger partial charge in [-0.15, -0.1) is 0 Å². The van der Waals surface area contributed by atoms with Gasteiger partial charge in [-0.25, -0.2) is 0 Å². The quantitative estimate of drug-likeness (QED) is 0.184. The molecule has 0 N–H and O–H groups in total. The van der Waals surface area contributed by atoms with Crippen molar-refractivity contribution in [2.45, 2.75) is 77.0 Å². The van der Waals surface area contributed by atoms with Crippen LogP contribution in [0.25, 0.3) is 0 Å². The Labute approximate surface area is 275 Å². The largest absolute Gasteiger partial charge is 0.493 e. The highest BCUT2D eigenvalue weighted by molar-refractivity contribution is 6.30. The number of ether oxygens (including phenoxy) is 5. The van der Waals surface area contributed by atoms with Crippen molar-refractivity contribution < 1.29 is 33.3 Å². The van der Waals surface area contributed by atoms with E-state index in [9.17, 15) is 9.59 Å². The van der Waals surface area contributed by atoms with E-state index in [4.69, 9.17) is 46.9 Å². The van der Waals surface area contributed by atoms with Gasteiger partial charge in [0.1, 0.15) is 17.8 Å². The Morgan fingerprint density at radius 2 is 1.64 bits per heavy atom. The molecule has 3 aromatic carbocycles. The number of benzene rings is 3. The van der Waals surface area contributed by atoms with Gasteiger partial charge in [-0.3, -0.25) is 9.59 Å². The van der Waals surface area contributed by atoms with E-state index in [2.05, 4.69) is 0 Å². The summed E-state index contributed by atoms with van der Waals surface area (Å²) in [4.78, 5) is 29.2. The summed E-state index contributed by atoms with van der Waals surface area (Å²) in [6.07, 6.45) is -1.37. The summed E-state index contributed by atoms with van der Waals surface area (Å²) in [5.74, 6) is 0.389. The van der Waals surface area contributed by atoms with Gasteiger partial charge >= 0.3 is 5.97 Å². The molecule has 0 bridgehead atoms. The molecule has 0 unspecified atom stereocenters. The van der Waals surface area contributed by atoms with E-state index in [0.717, 1.165) is 16.7 Å². The third-order valence-electron chi connectivity index (χ3n) is 7.48. The molecule has 1 aliphatic rings. The lowest BCUT2D eigenvalue weighted by atomic mass is 9.89. The van der Waals surface area contributed by atoms with E-state index in [0.29, 0.717) is 34.6 Å². The molecule has 45 heavy (non-hydrogen) atoms. The van der Waals surface area contributed by atoms with Gasteiger partial charge in [-0.05, 0) is 80.3 Å². The van der Waals surface area contributed by atoms with Crippen molar-refractivity contribution in [3.8, 4) is 11.5 Å². The highest BCUT2D eigenvalue weighted by Gasteiger charge is 2.47. The maximum atomic E-state index is 14.4. The van der Waals surface area contributed by atoms with Crippen LogP contribution in [0.2, 0.25) is 10.0 Å². The minimum atomic E-state index is -1.08. The smallest absolute Gasteiger partial charge is 0.309 e. The van der Waals surface area contributed by atoms with Gasteiger partial charge in [0.2, 0.25) is 0 Å². The number of esters is 1. The molecule has 242 valence electrons. The monoisotopic (exact) mass is 657 g/mol. The minimum absolute atomic E-state index is 0.236. The Morgan fingerprint density at radius 3 is 2.27 bits per heavy atom. The topological polar surface area (TPSA) is 83.5 Å². The highest BCUT2D eigenvalue weighted by Crippen LogP contribution is 2.45. The molecule has 1 saturated heterocycles. The lowest BCUT2D eigenvalue weighted by Crippen LogP contribution is -2.56. The zero-order valence-electron chi connectivity index (χ0n) is 26.5. The zero-order chi connectivity index (χ0) is 32.7. The Bertz CT molecular complexity index is 1460. The standard InChI is InChI=1S/C35H41Cl2NO7/c1-7-27(21-43-20-22-11-16-28(41-5)29(17-22)42-6)38-32(23-12-14-25(36)15-13-23)33(24-9-8-10-26(37)18-24)44-30(34(38)40)19-31(39)45-35(2,3)4/h8-18,27,30,32-33H,7,19-21H2,1-6H3/t27-,30-,32+,33-/m0/s1. The fourth-order valence-corrected chi connectivity index (χ4v) is 5.78. The highest BCUT2D eigenvalue weighted by atomic mass is 35.5. The fourth-order valence-electron chi connectivity index (χ4n) is 5.45. The molecular weight excluding hydrogens is 617 g/mol. The molecule has 1 amide bonds. The summed E-state index contributed by atoms with van der Waals surface area (Å²) >= 11 is 12.7. The lowest BCUT2D eigenvalue weighted by molar-refractivity contribution is -0.188. The summed E-state index contributed by atoms with van der Waals surface area (Å²) in [5, 5.41) is 1.10. The summed E-state index contributed by atoms with van der Waals surface area (Å²) < 4.78 is 29.1. The van der Waals surface area contributed by atoms with Gasteiger partial charge in [0.05, 0.1) is 45.9 Å². The van der Waals surface area contributed by atoms with Gasteiger partial charge in [-0.1, -0.05) is 60.5 Å². The Balaban J connectivity index is 1.70. The molecule has 8 nitrogen and oxygen atoms in total. The molecule has 4 atom stereocenters. The fraction of sp³-hybridized carbons (Fsp3) is 0.429. The van der Waals surface area contributed by atoms with Crippen LogP contribution < -0.4 is 9.47 Å². The number of carbonyl (C=O) groups is 2. The molecule has 3 aromatic rings. The average molecular weight is 659 g/mol. The van der Waals surface area contributed by atoms with Gasteiger partial charge in [0.25, 0.3) is 5.91 Å². The number of rotatable bonds is 12. The van der Waals surface area contributed by atoms with E-state index < -0.39 is 29.8 Å². The maximum Gasteiger partial charge on any atom is 0.309 e. The molecule has 0 saturated carbocycles. The number of carbonyl (C=O) groups excluding carboxylic acids is 2. The second-order valence-corrected chi connectivity index (χ2v) is 12.8. The van der Waals surface area contributed by atoms with E-state index in [1.165, 1.54) is 0 Å². The third-order valence-corrected chi connectivity index (χ3v) is 7.97. The number of halogens is 2. The summed E-state index contributed by atoms with van der Waals surface area (Å²) in [7, 11) is 3.17. The van der Waals surface area contributed by atoms with Gasteiger partial charge in [-0.2, -0.15) is 0 Å². The van der Waals surface area contributed by atoms with Crippen molar-refractivity contribution in [2.75, 3.05) is 20.8 Å². The first kappa shape index (κ1) is 34.6. The lowest BCUT2D eigenvalue weighted by Gasteiger charge is -2.48. The normalized spacial score (nSPS) is 19.2. The SMILES string of the molecule is CC[C@@H](COCc1ccc(OC)c(OC)c1)N1C(=O)[C@H](CC(=O)OC(C)(C)C)O[C@@H](c2cccc(Cl)c2)[C@H]1c1ccc(Cl)cc1. The first-order valence-corrected chi connectivity index (χ1v) is 15.7. The molecule has 0 spiro atoms. The number of amides is 1. The first-order valence-electron chi connectivity index (χ1n) is 14.9. The third kappa shape index (κ3) is 8.91. The van der Waals surface area contributed by atoms with Crippen molar-refractivity contribution in [2.24, 2.45) is 0 Å². The van der Waals surface area contributed by atoms with Crippen molar-refractivity contribution in [1.29, 1.82) is 0 Å². The van der Waals surface area contributed by atoms with Gasteiger partial charge < -0.3 is 28.6 Å². The van der Waals surface area contributed by atoms with Crippen LogP contribution in [0.3, 0.4) is 0 Å². The molecule has 0 radical (unpaired) electrons. The summed E-state index contributed by atoms with van der Waals surface area (Å²) in [6, 6.07) is 19.4. The number of hydrogen-bond acceptors (Lipinski definition) is 7. The Hall–Kier alpha value is -3.30. The van der Waals surface area contributed by atoms with Crippen molar-refractivity contribution in [3.63, 3.8) is 0 Å². The molecular formula is C35H41Cl2NO7. The summed E-state index contributed by atoms with van der Waals surface area (Å²) in [6.45, 7) is 7.89. The number of hydrogen-bond donors (Lipinski definition) is 0. The van der Waals surface area contributed by atoms with Crippen molar-refractivity contribution in [3.05, 3.63) is 93.5 Å². The van der Waals surface area contributed by atoms with E-state index >= 15 is 0 Å². The molecule has 4 rings (SSSR count). The molecule has 1 aliphatic heterocycles. The van der Waals surface area contributed by atoms with Crippen LogP contribution in [-0.2, 0) is 30.4 Å². The van der Waals surface area contributed by atoms with Crippen molar-refractivity contribution in [1.82, 2.24) is 4.90 Å². The minimum Gasteiger partial charge on any atom is -0.493 e. The first-order chi connectivity index (χ1) is 21.4. The van der Waals surface area contributed by atoms with Crippen LogP contribution in [0, 0.1) is 0 Å². The van der Waals surface area contributed by atoms with Crippen LogP contribution in [0.1, 0.15) is 69.4 Å². The van der Waals surface area contributed by atoms with Gasteiger partial charge in [0, 0.05) is 10.0 Å². The molecule has 1 fully saturated rings. The van der Waals surface area contributed by atoms with E-state index in [1.54, 1.807) is 53.2 Å². The van der Waals surface area contributed by atoms with Crippen LogP contribution in [0.5, 0.6) is 11.5 Å². The average Bonchev–Trinajstić information content (AvgIpc) is 3.00. The number of methoxy groups -OCH3 is 2. The predicted octanol–water partition coefficient (Wildman–Crippen LogP) is 7.75. The Morgan fingerprint density at radius 1 is 0.933 bits per heavy atom. The zero-order valence-corrected chi connectivity index (χ0v) is 28.1. The maximum absolute atomic E-state index is 14.4. The number of morpholine rings is 1.